The van der Waals surface area contributed by atoms with E-state index in [9.17, 15) is 9.18 Å². The Hall–Kier alpha value is -2.01. The quantitative estimate of drug-likeness (QED) is 0.851. The summed E-state index contributed by atoms with van der Waals surface area (Å²) in [5, 5.41) is 9.07. The molecule has 1 N–H and O–H groups in total. The SMILES string of the molecule is CSc1ccccc1OCc1cc(F)ccc1C(=O)O. The van der Waals surface area contributed by atoms with E-state index in [1.165, 1.54) is 23.9 Å². The number of hydrogen-bond acceptors (Lipinski definition) is 3. The maximum absolute atomic E-state index is 13.2. The van der Waals surface area contributed by atoms with Crippen molar-refractivity contribution in [1.29, 1.82) is 0 Å². The van der Waals surface area contributed by atoms with E-state index in [0.717, 1.165) is 11.0 Å². The Bertz CT molecular complexity index is 628. The minimum Gasteiger partial charge on any atom is -0.488 e. The molecule has 104 valence electrons. The van der Waals surface area contributed by atoms with Gasteiger partial charge in [-0.3, -0.25) is 0 Å². The monoisotopic (exact) mass is 292 g/mol. The van der Waals surface area contributed by atoms with Crippen LogP contribution in [0.25, 0.3) is 0 Å². The summed E-state index contributed by atoms with van der Waals surface area (Å²) in [6, 6.07) is 11.0. The minimum atomic E-state index is -1.10. The number of carboxylic acids is 1. The first-order valence-electron chi connectivity index (χ1n) is 5.89. The van der Waals surface area contributed by atoms with Crippen LogP contribution in [0.15, 0.2) is 47.4 Å². The van der Waals surface area contributed by atoms with Gasteiger partial charge in [-0.2, -0.15) is 0 Å². The number of para-hydroxylation sites is 1. The van der Waals surface area contributed by atoms with Gasteiger partial charge < -0.3 is 9.84 Å². The molecule has 2 aromatic rings. The third-order valence-corrected chi connectivity index (χ3v) is 3.53. The van der Waals surface area contributed by atoms with Crippen molar-refractivity contribution < 1.29 is 19.0 Å². The fourth-order valence-electron chi connectivity index (χ4n) is 1.78. The standard InChI is InChI=1S/C15H13FO3S/c1-20-14-5-3-2-4-13(14)19-9-10-8-11(16)6-7-12(10)15(17)18/h2-8H,9H2,1H3,(H,17,18). The largest absolute Gasteiger partial charge is 0.488 e. The predicted octanol–water partition coefficient (Wildman–Crippen LogP) is 3.82. The number of halogens is 1. The van der Waals surface area contributed by atoms with Crippen molar-refractivity contribution >= 4 is 17.7 Å². The van der Waals surface area contributed by atoms with Crippen LogP contribution in [-0.4, -0.2) is 17.3 Å². The first kappa shape index (κ1) is 14.4. The smallest absolute Gasteiger partial charge is 0.336 e. The average Bonchev–Trinajstić information content (AvgIpc) is 2.45. The van der Waals surface area contributed by atoms with Crippen molar-refractivity contribution in [3.63, 3.8) is 0 Å². The van der Waals surface area contributed by atoms with Crippen LogP contribution in [0, 0.1) is 5.82 Å². The van der Waals surface area contributed by atoms with Crippen LogP contribution in [0.1, 0.15) is 15.9 Å². The second-order valence-corrected chi connectivity index (χ2v) is 4.89. The number of hydrogen-bond donors (Lipinski definition) is 1. The molecule has 0 heterocycles. The molecule has 0 radical (unpaired) electrons. The zero-order valence-corrected chi connectivity index (χ0v) is 11.6. The number of rotatable bonds is 5. The van der Waals surface area contributed by atoms with Gasteiger partial charge >= 0.3 is 5.97 Å². The lowest BCUT2D eigenvalue weighted by atomic mass is 10.1. The fourth-order valence-corrected chi connectivity index (χ4v) is 2.33. The van der Waals surface area contributed by atoms with Gasteiger partial charge in [-0.1, -0.05) is 12.1 Å². The average molecular weight is 292 g/mol. The first-order chi connectivity index (χ1) is 9.61. The molecular weight excluding hydrogens is 279 g/mol. The summed E-state index contributed by atoms with van der Waals surface area (Å²) >= 11 is 1.53. The van der Waals surface area contributed by atoms with E-state index in [2.05, 4.69) is 0 Å². The van der Waals surface area contributed by atoms with Crippen molar-refractivity contribution in [3.8, 4) is 5.75 Å². The number of benzene rings is 2. The van der Waals surface area contributed by atoms with Crippen molar-refractivity contribution in [2.24, 2.45) is 0 Å². The van der Waals surface area contributed by atoms with E-state index < -0.39 is 11.8 Å². The summed E-state index contributed by atoms with van der Waals surface area (Å²) in [7, 11) is 0. The van der Waals surface area contributed by atoms with Crippen LogP contribution in [0.5, 0.6) is 5.75 Å². The highest BCUT2D eigenvalue weighted by molar-refractivity contribution is 7.98. The third-order valence-electron chi connectivity index (χ3n) is 2.75. The molecule has 0 atom stereocenters. The van der Waals surface area contributed by atoms with E-state index in [0.29, 0.717) is 11.3 Å². The molecule has 0 aliphatic rings. The zero-order chi connectivity index (χ0) is 14.5. The molecule has 0 saturated carbocycles. The molecule has 0 aliphatic carbocycles. The summed E-state index contributed by atoms with van der Waals surface area (Å²) in [6.07, 6.45) is 1.92. The van der Waals surface area contributed by atoms with Crippen molar-refractivity contribution in [3.05, 3.63) is 59.4 Å². The Kier molecular flexibility index (Phi) is 4.63. The Balaban J connectivity index is 2.22. The molecule has 0 spiro atoms. The van der Waals surface area contributed by atoms with E-state index in [1.807, 2.05) is 24.5 Å². The van der Waals surface area contributed by atoms with Gasteiger partial charge in [-0.15, -0.1) is 11.8 Å². The molecule has 3 nitrogen and oxygen atoms in total. The Labute approximate surface area is 120 Å². The summed E-state index contributed by atoms with van der Waals surface area (Å²) in [5.41, 5.74) is 0.362. The van der Waals surface area contributed by atoms with Gasteiger partial charge in [0.15, 0.2) is 0 Å². The van der Waals surface area contributed by atoms with Crippen molar-refractivity contribution in [2.45, 2.75) is 11.5 Å². The van der Waals surface area contributed by atoms with Crippen LogP contribution in [0.4, 0.5) is 4.39 Å². The van der Waals surface area contributed by atoms with Gasteiger partial charge in [-0.05, 0) is 36.6 Å². The topological polar surface area (TPSA) is 46.5 Å². The van der Waals surface area contributed by atoms with Crippen molar-refractivity contribution in [1.82, 2.24) is 0 Å². The molecule has 0 bridgehead atoms. The third kappa shape index (κ3) is 3.30. The van der Waals surface area contributed by atoms with Crippen LogP contribution in [-0.2, 0) is 6.61 Å². The number of carboxylic acid groups (broad SMARTS) is 1. The number of thioether (sulfide) groups is 1. The lowest BCUT2D eigenvalue weighted by molar-refractivity contribution is 0.0694. The maximum atomic E-state index is 13.2. The number of ether oxygens (including phenoxy) is 1. The molecule has 2 aromatic carbocycles. The molecule has 0 saturated heterocycles. The molecule has 20 heavy (non-hydrogen) atoms. The molecule has 5 heteroatoms. The Morgan fingerprint density at radius 2 is 2.05 bits per heavy atom. The Morgan fingerprint density at radius 1 is 1.30 bits per heavy atom. The molecule has 0 fully saturated rings. The molecule has 0 unspecified atom stereocenters. The summed E-state index contributed by atoms with van der Waals surface area (Å²) in [5.74, 6) is -0.922. The maximum Gasteiger partial charge on any atom is 0.336 e. The fraction of sp³-hybridized carbons (Fsp3) is 0.133. The van der Waals surface area contributed by atoms with Gasteiger partial charge in [0.1, 0.15) is 18.2 Å². The molecule has 0 aromatic heterocycles. The minimum absolute atomic E-state index is 0.0109. The number of carbonyl (C=O) groups is 1. The summed E-state index contributed by atoms with van der Waals surface area (Å²) < 4.78 is 18.8. The van der Waals surface area contributed by atoms with E-state index >= 15 is 0 Å². The van der Waals surface area contributed by atoms with Gasteiger partial charge in [-0.25, -0.2) is 9.18 Å². The Morgan fingerprint density at radius 3 is 2.75 bits per heavy atom. The highest BCUT2D eigenvalue weighted by Gasteiger charge is 2.12. The highest BCUT2D eigenvalue weighted by Crippen LogP contribution is 2.28. The lowest BCUT2D eigenvalue weighted by Gasteiger charge is -2.11. The summed E-state index contributed by atoms with van der Waals surface area (Å²) in [6.45, 7) is 0.0109. The zero-order valence-electron chi connectivity index (χ0n) is 10.8. The lowest BCUT2D eigenvalue weighted by Crippen LogP contribution is -2.06. The molecule has 0 aliphatic heterocycles. The van der Waals surface area contributed by atoms with Crippen LogP contribution >= 0.6 is 11.8 Å². The van der Waals surface area contributed by atoms with Crippen molar-refractivity contribution in [2.75, 3.05) is 6.26 Å². The molecule has 2 rings (SSSR count). The van der Waals surface area contributed by atoms with Crippen LogP contribution in [0.2, 0.25) is 0 Å². The predicted molar refractivity (Wildman–Crippen MR) is 75.9 cm³/mol. The second kappa shape index (κ2) is 6.43. The van der Waals surface area contributed by atoms with Gasteiger partial charge in [0.2, 0.25) is 0 Å². The summed E-state index contributed by atoms with van der Waals surface area (Å²) in [4.78, 5) is 12.0. The highest BCUT2D eigenvalue weighted by atomic mass is 32.2. The van der Waals surface area contributed by atoms with Crippen LogP contribution < -0.4 is 4.74 Å². The molecule has 0 amide bonds. The van der Waals surface area contributed by atoms with E-state index in [-0.39, 0.29) is 12.2 Å². The number of aromatic carboxylic acids is 1. The normalized spacial score (nSPS) is 10.3. The van der Waals surface area contributed by atoms with E-state index in [4.69, 9.17) is 9.84 Å². The van der Waals surface area contributed by atoms with Gasteiger partial charge in [0, 0.05) is 10.5 Å². The van der Waals surface area contributed by atoms with E-state index in [1.54, 1.807) is 6.07 Å². The van der Waals surface area contributed by atoms with Gasteiger partial charge in [0.25, 0.3) is 0 Å². The second-order valence-electron chi connectivity index (χ2n) is 4.05. The van der Waals surface area contributed by atoms with Crippen LogP contribution in [0.3, 0.4) is 0 Å². The molecular formula is C15H13FO3S. The first-order valence-corrected chi connectivity index (χ1v) is 7.12. The van der Waals surface area contributed by atoms with Gasteiger partial charge in [0.05, 0.1) is 5.56 Å².